The number of hydrogen-bond donors (Lipinski definition) is 1. The van der Waals surface area contributed by atoms with Gasteiger partial charge in [-0.25, -0.2) is 9.59 Å². The van der Waals surface area contributed by atoms with Crippen LogP contribution in [0.5, 0.6) is 5.75 Å². The minimum Gasteiger partial charge on any atom is -0.496 e. The summed E-state index contributed by atoms with van der Waals surface area (Å²) >= 11 is 0. The first-order chi connectivity index (χ1) is 9.76. The van der Waals surface area contributed by atoms with Crippen LogP contribution in [-0.4, -0.2) is 31.9 Å². The van der Waals surface area contributed by atoms with E-state index in [0.29, 0.717) is 11.3 Å². The number of esters is 1. The largest absolute Gasteiger partial charge is 0.496 e. The average molecular weight is 295 g/mol. The molecule has 0 fully saturated rings. The first kappa shape index (κ1) is 16.8. The molecular weight excluding hydrogens is 274 g/mol. The molecule has 1 aromatic rings. The highest BCUT2D eigenvalue weighted by molar-refractivity contribution is 5.92. The number of alkyl carbamates (subject to hydrolysis) is 1. The second-order valence-electron chi connectivity index (χ2n) is 5.38. The molecule has 0 bridgehead atoms. The average Bonchev–Trinajstić information content (AvgIpc) is 2.42. The molecule has 6 nitrogen and oxygen atoms in total. The molecular formula is C15H21NO5. The van der Waals surface area contributed by atoms with Crippen LogP contribution in [0.3, 0.4) is 0 Å². The Morgan fingerprint density at radius 3 is 2.38 bits per heavy atom. The van der Waals surface area contributed by atoms with E-state index in [2.05, 4.69) is 10.1 Å². The molecule has 116 valence electrons. The highest BCUT2D eigenvalue weighted by atomic mass is 16.6. The lowest BCUT2D eigenvalue weighted by Crippen LogP contribution is -2.32. The zero-order valence-corrected chi connectivity index (χ0v) is 13.0. The molecule has 1 amide bonds. The molecule has 0 aliphatic rings. The van der Waals surface area contributed by atoms with Crippen molar-refractivity contribution in [1.82, 2.24) is 5.32 Å². The Balaban J connectivity index is 2.73. The van der Waals surface area contributed by atoms with Gasteiger partial charge in [-0.1, -0.05) is 6.07 Å². The molecule has 1 rings (SSSR count). The van der Waals surface area contributed by atoms with Crippen molar-refractivity contribution in [2.75, 3.05) is 14.2 Å². The van der Waals surface area contributed by atoms with Crippen LogP contribution >= 0.6 is 0 Å². The number of methoxy groups -OCH3 is 2. The predicted octanol–water partition coefficient (Wildman–Crippen LogP) is 2.51. The molecule has 0 spiro atoms. The highest BCUT2D eigenvalue weighted by Gasteiger charge is 2.16. The maximum absolute atomic E-state index is 11.6. The zero-order chi connectivity index (χ0) is 16.0. The molecule has 0 heterocycles. The maximum atomic E-state index is 11.6. The van der Waals surface area contributed by atoms with Gasteiger partial charge in [0.05, 0.1) is 14.2 Å². The Morgan fingerprint density at radius 2 is 1.86 bits per heavy atom. The molecule has 1 aromatic carbocycles. The van der Waals surface area contributed by atoms with Crippen molar-refractivity contribution in [2.45, 2.75) is 32.9 Å². The lowest BCUT2D eigenvalue weighted by molar-refractivity contribution is 0.0521. The Bertz CT molecular complexity index is 519. The van der Waals surface area contributed by atoms with Gasteiger partial charge in [0.1, 0.15) is 16.9 Å². The number of ether oxygens (including phenoxy) is 3. The van der Waals surface area contributed by atoms with Crippen molar-refractivity contribution in [3.05, 3.63) is 29.3 Å². The third-order valence-corrected chi connectivity index (χ3v) is 2.51. The van der Waals surface area contributed by atoms with Crippen molar-refractivity contribution < 1.29 is 23.8 Å². The maximum Gasteiger partial charge on any atom is 0.407 e. The van der Waals surface area contributed by atoms with Gasteiger partial charge in [0.15, 0.2) is 0 Å². The number of benzene rings is 1. The van der Waals surface area contributed by atoms with E-state index < -0.39 is 17.7 Å². The van der Waals surface area contributed by atoms with E-state index in [1.54, 1.807) is 39.0 Å². The number of carbonyl (C=O) groups excluding carboxylic acids is 2. The van der Waals surface area contributed by atoms with Crippen LogP contribution in [0.1, 0.15) is 36.7 Å². The first-order valence-electron chi connectivity index (χ1n) is 6.49. The van der Waals surface area contributed by atoms with E-state index in [-0.39, 0.29) is 6.54 Å². The summed E-state index contributed by atoms with van der Waals surface area (Å²) in [4.78, 5) is 23.1. The molecule has 0 unspecified atom stereocenters. The van der Waals surface area contributed by atoms with Gasteiger partial charge in [-0.15, -0.1) is 0 Å². The van der Waals surface area contributed by atoms with Crippen molar-refractivity contribution in [3.63, 3.8) is 0 Å². The predicted molar refractivity (Wildman–Crippen MR) is 77.4 cm³/mol. The Labute approximate surface area is 124 Å². The molecule has 0 aliphatic heterocycles. The van der Waals surface area contributed by atoms with Gasteiger partial charge in [0, 0.05) is 6.54 Å². The second kappa shape index (κ2) is 6.97. The molecule has 0 atom stereocenters. The van der Waals surface area contributed by atoms with Gasteiger partial charge in [-0.3, -0.25) is 0 Å². The fourth-order valence-corrected chi connectivity index (χ4v) is 1.61. The third kappa shape index (κ3) is 5.33. The number of amides is 1. The molecule has 0 aliphatic carbocycles. The van der Waals surface area contributed by atoms with Crippen LogP contribution < -0.4 is 10.1 Å². The van der Waals surface area contributed by atoms with Crippen LogP contribution in [-0.2, 0) is 16.0 Å². The quantitative estimate of drug-likeness (QED) is 0.864. The summed E-state index contributed by atoms with van der Waals surface area (Å²) in [7, 11) is 2.77. The molecule has 21 heavy (non-hydrogen) atoms. The fraction of sp³-hybridized carbons (Fsp3) is 0.467. The minimum absolute atomic E-state index is 0.271. The van der Waals surface area contributed by atoms with Gasteiger partial charge in [0.25, 0.3) is 0 Å². The van der Waals surface area contributed by atoms with Crippen LogP contribution in [0.2, 0.25) is 0 Å². The molecule has 1 N–H and O–H groups in total. The van der Waals surface area contributed by atoms with Gasteiger partial charge in [0.2, 0.25) is 0 Å². The van der Waals surface area contributed by atoms with Crippen molar-refractivity contribution in [3.8, 4) is 5.75 Å². The van der Waals surface area contributed by atoms with Crippen molar-refractivity contribution in [2.24, 2.45) is 0 Å². The van der Waals surface area contributed by atoms with Gasteiger partial charge < -0.3 is 19.5 Å². The monoisotopic (exact) mass is 295 g/mol. The van der Waals surface area contributed by atoms with Crippen molar-refractivity contribution in [1.29, 1.82) is 0 Å². The molecule has 0 radical (unpaired) electrons. The summed E-state index contributed by atoms with van der Waals surface area (Å²) in [6, 6.07) is 4.98. The smallest absolute Gasteiger partial charge is 0.407 e. The van der Waals surface area contributed by atoms with Crippen LogP contribution in [0.15, 0.2) is 18.2 Å². The third-order valence-electron chi connectivity index (χ3n) is 2.51. The summed E-state index contributed by atoms with van der Waals surface area (Å²) in [5, 5.41) is 2.64. The molecule has 0 aromatic heterocycles. The number of hydrogen-bond acceptors (Lipinski definition) is 5. The summed E-state index contributed by atoms with van der Waals surface area (Å²) in [6.07, 6.45) is -0.501. The van der Waals surface area contributed by atoms with Gasteiger partial charge in [-0.2, -0.15) is 0 Å². The summed E-state index contributed by atoms with van der Waals surface area (Å²) in [6.45, 7) is 5.65. The van der Waals surface area contributed by atoms with E-state index >= 15 is 0 Å². The van der Waals surface area contributed by atoms with E-state index in [0.717, 1.165) is 5.56 Å². The Morgan fingerprint density at radius 1 is 1.19 bits per heavy atom. The highest BCUT2D eigenvalue weighted by Crippen LogP contribution is 2.21. The minimum atomic E-state index is -0.545. The normalized spacial score (nSPS) is 10.7. The van der Waals surface area contributed by atoms with E-state index in [4.69, 9.17) is 9.47 Å². The topological polar surface area (TPSA) is 73.9 Å². The lowest BCUT2D eigenvalue weighted by Gasteiger charge is -2.19. The Hall–Kier alpha value is -2.24. The lowest BCUT2D eigenvalue weighted by atomic mass is 10.1. The standard InChI is InChI=1S/C15H21NO5/c1-15(2,3)21-14(18)16-9-10-6-7-11(13(17)20-5)12(8-10)19-4/h6-8H,9H2,1-5H3,(H,16,18). The van der Waals surface area contributed by atoms with Crippen molar-refractivity contribution >= 4 is 12.1 Å². The second-order valence-corrected chi connectivity index (χ2v) is 5.38. The summed E-state index contributed by atoms with van der Waals surface area (Å²) < 4.78 is 15.0. The van der Waals surface area contributed by atoms with Crippen LogP contribution in [0.4, 0.5) is 4.79 Å². The van der Waals surface area contributed by atoms with Gasteiger partial charge in [-0.05, 0) is 38.5 Å². The molecule has 0 saturated heterocycles. The van der Waals surface area contributed by atoms with E-state index in [1.165, 1.54) is 14.2 Å². The molecule has 0 saturated carbocycles. The first-order valence-corrected chi connectivity index (χ1v) is 6.49. The fourth-order valence-electron chi connectivity index (χ4n) is 1.61. The van der Waals surface area contributed by atoms with Crippen LogP contribution in [0, 0.1) is 0 Å². The Kier molecular flexibility index (Phi) is 5.58. The zero-order valence-electron chi connectivity index (χ0n) is 13.0. The van der Waals surface area contributed by atoms with E-state index in [1.807, 2.05) is 0 Å². The van der Waals surface area contributed by atoms with Crippen LogP contribution in [0.25, 0.3) is 0 Å². The molecule has 6 heteroatoms. The summed E-state index contributed by atoms with van der Waals surface area (Å²) in [5.74, 6) is -0.0798. The SMILES string of the molecule is COC(=O)c1ccc(CNC(=O)OC(C)(C)C)cc1OC. The number of rotatable bonds is 4. The number of carbonyl (C=O) groups is 2. The van der Waals surface area contributed by atoms with Gasteiger partial charge >= 0.3 is 12.1 Å². The van der Waals surface area contributed by atoms with E-state index in [9.17, 15) is 9.59 Å². The summed E-state index contributed by atoms with van der Waals surface area (Å²) in [5.41, 5.74) is 0.572. The number of nitrogens with one attached hydrogen (secondary N) is 1.